The Morgan fingerprint density at radius 3 is 2.05 bits per heavy atom. The van der Waals surface area contributed by atoms with E-state index in [1.165, 1.54) is 12.2 Å². The number of carbonyl (C=O) groups is 4. The fraction of sp³-hybridized carbons (Fsp3) is 0.500. The molecule has 112 valence electrons. The Labute approximate surface area is 116 Å². The summed E-state index contributed by atoms with van der Waals surface area (Å²) in [4.78, 5) is 41.1. The van der Waals surface area contributed by atoms with Crippen molar-refractivity contribution in [3.63, 3.8) is 0 Å². The molecule has 0 radical (unpaired) electrons. The zero-order chi connectivity index (χ0) is 15.8. The fourth-order valence-electron chi connectivity index (χ4n) is 0.942. The number of carboxylic acids is 1. The van der Waals surface area contributed by atoms with Gasteiger partial charge in [0.25, 0.3) is 11.8 Å². The van der Waals surface area contributed by atoms with E-state index in [9.17, 15) is 19.2 Å². The molecule has 8 heteroatoms. The molecule has 0 aromatic carbocycles. The quantitative estimate of drug-likeness (QED) is 0.636. The molecule has 1 aliphatic heterocycles. The number of hydrogen-bond donors (Lipinski definition) is 3. The van der Waals surface area contributed by atoms with E-state index >= 15 is 0 Å². The van der Waals surface area contributed by atoms with Gasteiger partial charge in [0.2, 0.25) is 0 Å². The molecule has 0 aromatic rings. The highest BCUT2D eigenvalue weighted by Crippen LogP contribution is 2.06. The number of nitrogens with one attached hydrogen (secondary N) is 2. The van der Waals surface area contributed by atoms with Gasteiger partial charge in [-0.3, -0.25) is 19.7 Å². The van der Waals surface area contributed by atoms with Crippen molar-refractivity contribution in [2.45, 2.75) is 32.8 Å². The first-order chi connectivity index (χ1) is 9.10. The largest absolute Gasteiger partial charge is 0.481 e. The van der Waals surface area contributed by atoms with Crippen molar-refractivity contribution in [1.82, 2.24) is 10.6 Å². The average molecular weight is 286 g/mol. The molecule has 8 nitrogen and oxygen atoms in total. The molecular weight excluding hydrogens is 268 g/mol. The first-order valence-electron chi connectivity index (χ1n) is 5.82. The second-order valence-corrected chi connectivity index (χ2v) is 4.76. The second-order valence-electron chi connectivity index (χ2n) is 4.76. The highest BCUT2D eigenvalue weighted by Gasteiger charge is 2.15. The van der Waals surface area contributed by atoms with Crippen LogP contribution in [0.1, 0.15) is 27.2 Å². The van der Waals surface area contributed by atoms with Crippen molar-refractivity contribution in [1.29, 1.82) is 0 Å². The Morgan fingerprint density at radius 2 is 1.75 bits per heavy atom. The number of rotatable bonds is 3. The highest BCUT2D eigenvalue weighted by molar-refractivity contribution is 6.12. The molecule has 3 N–H and O–H groups in total. The molecular formula is C12H18N2O6. The van der Waals surface area contributed by atoms with Crippen LogP contribution in [-0.4, -0.2) is 41.1 Å². The van der Waals surface area contributed by atoms with Gasteiger partial charge in [-0.2, -0.15) is 0 Å². The Hall–Kier alpha value is -2.38. The predicted molar refractivity (Wildman–Crippen MR) is 68.8 cm³/mol. The summed E-state index contributed by atoms with van der Waals surface area (Å²) in [5.74, 6) is -1.61. The molecule has 1 heterocycles. The van der Waals surface area contributed by atoms with Crippen molar-refractivity contribution in [3.05, 3.63) is 12.2 Å². The maximum Gasteiger partial charge on any atom is 0.407 e. The summed E-state index contributed by atoms with van der Waals surface area (Å²) >= 11 is 0. The Kier molecular flexibility index (Phi) is 6.98. The van der Waals surface area contributed by atoms with Crippen LogP contribution in [-0.2, 0) is 19.1 Å². The lowest BCUT2D eigenvalue weighted by Crippen LogP contribution is -2.33. The van der Waals surface area contributed by atoms with E-state index in [-0.39, 0.29) is 24.8 Å². The summed E-state index contributed by atoms with van der Waals surface area (Å²) in [7, 11) is 0. The molecule has 0 unspecified atom stereocenters. The summed E-state index contributed by atoms with van der Waals surface area (Å²) in [5, 5.41) is 12.6. The number of imide groups is 1. The molecule has 0 bridgehead atoms. The zero-order valence-corrected chi connectivity index (χ0v) is 11.6. The molecule has 0 saturated carbocycles. The van der Waals surface area contributed by atoms with Crippen LogP contribution in [0, 0.1) is 0 Å². The lowest BCUT2D eigenvalue weighted by molar-refractivity contribution is -0.136. The third-order valence-corrected chi connectivity index (χ3v) is 1.64. The van der Waals surface area contributed by atoms with Gasteiger partial charge in [0.15, 0.2) is 0 Å². The maximum atomic E-state index is 10.9. The van der Waals surface area contributed by atoms with Crippen molar-refractivity contribution in [2.24, 2.45) is 0 Å². The molecule has 0 fully saturated rings. The third-order valence-electron chi connectivity index (χ3n) is 1.64. The Balaban J connectivity index is 0.000000428. The van der Waals surface area contributed by atoms with Gasteiger partial charge in [-0.25, -0.2) is 4.79 Å². The van der Waals surface area contributed by atoms with E-state index in [4.69, 9.17) is 9.84 Å². The summed E-state index contributed by atoms with van der Waals surface area (Å²) in [6, 6.07) is 0. The Morgan fingerprint density at radius 1 is 1.25 bits per heavy atom. The first kappa shape index (κ1) is 17.6. The molecule has 20 heavy (non-hydrogen) atoms. The molecule has 1 rings (SSSR count). The lowest BCUT2D eigenvalue weighted by Gasteiger charge is -2.19. The van der Waals surface area contributed by atoms with Gasteiger partial charge in [-0.15, -0.1) is 0 Å². The minimum atomic E-state index is -0.948. The first-order valence-corrected chi connectivity index (χ1v) is 5.82. The monoisotopic (exact) mass is 286 g/mol. The number of amides is 3. The third kappa shape index (κ3) is 10.8. The van der Waals surface area contributed by atoms with E-state index < -0.39 is 17.7 Å². The lowest BCUT2D eigenvalue weighted by atomic mass is 10.2. The van der Waals surface area contributed by atoms with Crippen LogP contribution in [0.25, 0.3) is 0 Å². The number of alkyl carbamates (subject to hydrolysis) is 1. The summed E-state index contributed by atoms with van der Waals surface area (Å²) in [5.41, 5.74) is -0.548. The minimum Gasteiger partial charge on any atom is -0.481 e. The van der Waals surface area contributed by atoms with Crippen LogP contribution in [0.5, 0.6) is 0 Å². The van der Waals surface area contributed by atoms with Gasteiger partial charge in [0, 0.05) is 18.7 Å². The SMILES string of the molecule is CC(C)(C)OC(=O)NCCC(=O)O.O=C1C=CC(=O)N1. The number of carbonyl (C=O) groups excluding carboxylic acids is 3. The molecule has 0 aliphatic carbocycles. The molecule has 0 aromatic heterocycles. The van der Waals surface area contributed by atoms with Crippen molar-refractivity contribution in [2.75, 3.05) is 6.54 Å². The van der Waals surface area contributed by atoms with Crippen molar-refractivity contribution in [3.8, 4) is 0 Å². The van der Waals surface area contributed by atoms with E-state index in [1.807, 2.05) is 5.32 Å². The molecule has 0 spiro atoms. The molecule has 3 amide bonds. The zero-order valence-electron chi connectivity index (χ0n) is 11.6. The van der Waals surface area contributed by atoms with Crippen molar-refractivity contribution < 1.29 is 29.0 Å². The molecule has 0 saturated heterocycles. The number of carboxylic acid groups (broad SMARTS) is 1. The van der Waals surface area contributed by atoms with Gasteiger partial charge < -0.3 is 15.2 Å². The van der Waals surface area contributed by atoms with Gasteiger partial charge in [0.1, 0.15) is 5.60 Å². The topological polar surface area (TPSA) is 122 Å². The number of hydrogen-bond acceptors (Lipinski definition) is 5. The smallest absolute Gasteiger partial charge is 0.407 e. The van der Waals surface area contributed by atoms with Crippen molar-refractivity contribution >= 4 is 23.9 Å². The van der Waals surface area contributed by atoms with Gasteiger partial charge in [-0.1, -0.05) is 0 Å². The maximum absolute atomic E-state index is 10.9. The van der Waals surface area contributed by atoms with Crippen LogP contribution in [0.15, 0.2) is 12.2 Å². The second kappa shape index (κ2) is 7.93. The van der Waals surface area contributed by atoms with E-state index in [0.717, 1.165) is 0 Å². The van der Waals surface area contributed by atoms with Gasteiger partial charge >= 0.3 is 12.1 Å². The van der Waals surface area contributed by atoms with Crippen LogP contribution >= 0.6 is 0 Å². The van der Waals surface area contributed by atoms with Gasteiger partial charge in [-0.05, 0) is 20.8 Å². The minimum absolute atomic E-state index is 0.0875. The number of ether oxygens (including phenoxy) is 1. The van der Waals surface area contributed by atoms with E-state index in [0.29, 0.717) is 0 Å². The molecule has 0 atom stereocenters. The summed E-state index contributed by atoms with van der Waals surface area (Å²) in [6.45, 7) is 5.31. The normalized spacial score (nSPS) is 13.2. The van der Waals surface area contributed by atoms with Crippen LogP contribution in [0.3, 0.4) is 0 Å². The van der Waals surface area contributed by atoms with E-state index in [2.05, 4.69) is 5.32 Å². The summed E-state index contributed by atoms with van der Waals surface area (Å²) < 4.78 is 4.88. The number of aliphatic carboxylic acids is 1. The highest BCUT2D eigenvalue weighted by atomic mass is 16.6. The standard InChI is InChI=1S/C8H15NO4.C4H3NO2/c1-8(2,3)13-7(12)9-5-4-6(10)11;6-3-1-2-4(7)5-3/h4-5H2,1-3H3,(H,9,12)(H,10,11);1-2H,(H,5,6,7). The average Bonchev–Trinajstić information content (AvgIpc) is 2.60. The molecule has 1 aliphatic rings. The fourth-order valence-corrected chi connectivity index (χ4v) is 0.942. The van der Waals surface area contributed by atoms with Crippen LogP contribution in [0.2, 0.25) is 0 Å². The van der Waals surface area contributed by atoms with Crippen LogP contribution in [0.4, 0.5) is 4.79 Å². The van der Waals surface area contributed by atoms with E-state index in [1.54, 1.807) is 20.8 Å². The predicted octanol–water partition coefficient (Wildman–Crippen LogP) is 0.185. The van der Waals surface area contributed by atoms with Crippen LogP contribution < -0.4 is 10.6 Å². The Bertz CT molecular complexity index is 406. The summed E-state index contributed by atoms with van der Waals surface area (Å²) in [6.07, 6.45) is 1.71. The van der Waals surface area contributed by atoms with Gasteiger partial charge in [0.05, 0.1) is 6.42 Å².